The molecule has 0 aromatic rings. The van der Waals surface area contributed by atoms with Crippen LogP contribution in [0.1, 0.15) is 25.7 Å². The number of rotatable bonds is 2. The van der Waals surface area contributed by atoms with E-state index in [-0.39, 0.29) is 12.3 Å². The third-order valence-electron chi connectivity index (χ3n) is 1.94. The summed E-state index contributed by atoms with van der Waals surface area (Å²) in [7, 11) is 0. The lowest BCUT2D eigenvalue weighted by Gasteiger charge is -2.02. The number of hydrogen-bond donors (Lipinski definition) is 1. The first-order chi connectivity index (χ1) is 4.68. The highest BCUT2D eigenvalue weighted by Gasteiger charge is 2.25. The van der Waals surface area contributed by atoms with Crippen molar-refractivity contribution in [2.24, 2.45) is 5.92 Å². The maximum Gasteiger partial charge on any atom is 0.303 e. The van der Waals surface area contributed by atoms with Crippen molar-refractivity contribution in [3.63, 3.8) is 0 Å². The predicted octanol–water partition coefficient (Wildman–Crippen LogP) is 1.60. The lowest BCUT2D eigenvalue weighted by Crippen LogP contribution is -2.04. The Kier molecular flexibility index (Phi) is 2.25. The van der Waals surface area contributed by atoms with E-state index < -0.39 is 12.1 Å². The first kappa shape index (κ1) is 7.51. The fourth-order valence-electron chi connectivity index (χ4n) is 1.45. The van der Waals surface area contributed by atoms with Gasteiger partial charge in [0, 0.05) is 6.42 Å². The van der Waals surface area contributed by atoms with Gasteiger partial charge in [0.1, 0.15) is 6.17 Å². The lowest BCUT2D eigenvalue weighted by atomic mass is 10.0. The summed E-state index contributed by atoms with van der Waals surface area (Å²) in [5.41, 5.74) is 0. The first-order valence-electron chi connectivity index (χ1n) is 3.54. The van der Waals surface area contributed by atoms with Crippen LogP contribution in [0, 0.1) is 5.92 Å². The molecule has 0 amide bonds. The van der Waals surface area contributed by atoms with Crippen LogP contribution in [0.25, 0.3) is 0 Å². The normalized spacial score (nSPS) is 32.5. The topological polar surface area (TPSA) is 37.3 Å². The Morgan fingerprint density at radius 3 is 2.70 bits per heavy atom. The van der Waals surface area contributed by atoms with Crippen molar-refractivity contribution in [2.75, 3.05) is 0 Å². The van der Waals surface area contributed by atoms with Gasteiger partial charge in [-0.25, -0.2) is 4.39 Å². The van der Waals surface area contributed by atoms with Crippen LogP contribution < -0.4 is 0 Å². The van der Waals surface area contributed by atoms with Crippen molar-refractivity contribution in [1.29, 1.82) is 0 Å². The highest BCUT2D eigenvalue weighted by atomic mass is 19.1. The van der Waals surface area contributed by atoms with Gasteiger partial charge in [-0.3, -0.25) is 4.79 Å². The van der Waals surface area contributed by atoms with E-state index in [9.17, 15) is 9.18 Å². The fourth-order valence-corrected chi connectivity index (χ4v) is 1.45. The summed E-state index contributed by atoms with van der Waals surface area (Å²) in [6.07, 6.45) is 1.14. The third kappa shape index (κ3) is 1.97. The minimum atomic E-state index is -0.806. The van der Waals surface area contributed by atoms with E-state index in [1.54, 1.807) is 0 Å². The van der Waals surface area contributed by atoms with E-state index >= 15 is 0 Å². The van der Waals surface area contributed by atoms with Gasteiger partial charge in [-0.15, -0.1) is 0 Å². The van der Waals surface area contributed by atoms with Crippen molar-refractivity contribution in [3.05, 3.63) is 0 Å². The summed E-state index contributed by atoms with van der Waals surface area (Å²) in [6.45, 7) is 0. The molecule has 2 atom stereocenters. The Bertz CT molecular complexity index is 136. The molecule has 2 nitrogen and oxygen atoms in total. The molecule has 1 unspecified atom stereocenters. The molecular formula is C7H11FO2. The second-order valence-electron chi connectivity index (χ2n) is 2.87. The SMILES string of the molecule is O=C(O)CC1CC[C@H](F)C1. The second kappa shape index (κ2) is 2.99. The first-order valence-corrected chi connectivity index (χ1v) is 3.54. The minimum Gasteiger partial charge on any atom is -0.481 e. The van der Waals surface area contributed by atoms with Crippen LogP contribution in [-0.2, 0) is 4.79 Å². The number of carbonyl (C=O) groups is 1. The molecule has 0 aromatic carbocycles. The Morgan fingerprint density at radius 1 is 1.60 bits per heavy atom. The Hall–Kier alpha value is -0.600. The van der Waals surface area contributed by atoms with E-state index in [1.807, 2.05) is 0 Å². The van der Waals surface area contributed by atoms with Gasteiger partial charge in [0.05, 0.1) is 0 Å². The summed E-state index contributed by atoms with van der Waals surface area (Å²) in [5.74, 6) is -0.716. The fraction of sp³-hybridized carbons (Fsp3) is 0.857. The summed E-state index contributed by atoms with van der Waals surface area (Å²) in [4.78, 5) is 10.1. The van der Waals surface area contributed by atoms with Crippen LogP contribution in [0.5, 0.6) is 0 Å². The van der Waals surface area contributed by atoms with E-state index in [1.165, 1.54) is 0 Å². The van der Waals surface area contributed by atoms with Crippen LogP contribution in [0.2, 0.25) is 0 Å². The monoisotopic (exact) mass is 146 g/mol. The lowest BCUT2D eigenvalue weighted by molar-refractivity contribution is -0.138. The molecule has 10 heavy (non-hydrogen) atoms. The Morgan fingerprint density at radius 2 is 2.30 bits per heavy atom. The quantitative estimate of drug-likeness (QED) is 0.642. The smallest absolute Gasteiger partial charge is 0.303 e. The van der Waals surface area contributed by atoms with Crippen LogP contribution in [-0.4, -0.2) is 17.2 Å². The number of alkyl halides is 1. The molecule has 1 saturated carbocycles. The van der Waals surface area contributed by atoms with Gasteiger partial charge >= 0.3 is 5.97 Å². The second-order valence-corrected chi connectivity index (χ2v) is 2.87. The van der Waals surface area contributed by atoms with E-state index in [0.29, 0.717) is 12.8 Å². The molecule has 0 bridgehead atoms. The average molecular weight is 146 g/mol. The van der Waals surface area contributed by atoms with Crippen molar-refractivity contribution in [1.82, 2.24) is 0 Å². The number of carboxylic acids is 1. The maximum atomic E-state index is 12.4. The van der Waals surface area contributed by atoms with Crippen molar-refractivity contribution < 1.29 is 14.3 Å². The molecule has 0 spiro atoms. The molecule has 0 saturated heterocycles. The third-order valence-corrected chi connectivity index (χ3v) is 1.94. The summed E-state index contributed by atoms with van der Waals surface area (Å²) < 4.78 is 12.4. The maximum absolute atomic E-state index is 12.4. The molecule has 0 radical (unpaired) electrons. The standard InChI is InChI=1S/C7H11FO2/c8-6-2-1-5(3-6)4-7(9)10/h5-6H,1-4H2,(H,9,10)/t5?,6-/m0/s1. The zero-order chi connectivity index (χ0) is 7.56. The molecule has 1 fully saturated rings. The van der Waals surface area contributed by atoms with Crippen LogP contribution in [0.3, 0.4) is 0 Å². The van der Waals surface area contributed by atoms with Crippen LogP contribution in [0.4, 0.5) is 4.39 Å². The molecule has 58 valence electrons. The van der Waals surface area contributed by atoms with Crippen molar-refractivity contribution in [3.8, 4) is 0 Å². The molecule has 0 heterocycles. The van der Waals surface area contributed by atoms with Crippen molar-refractivity contribution >= 4 is 5.97 Å². The predicted molar refractivity (Wildman–Crippen MR) is 34.5 cm³/mol. The van der Waals surface area contributed by atoms with Gasteiger partial charge in [0.2, 0.25) is 0 Å². The van der Waals surface area contributed by atoms with Gasteiger partial charge in [-0.1, -0.05) is 0 Å². The van der Waals surface area contributed by atoms with Crippen LogP contribution in [0.15, 0.2) is 0 Å². The zero-order valence-electron chi connectivity index (χ0n) is 5.72. The molecule has 3 heteroatoms. The Balaban J connectivity index is 2.24. The zero-order valence-corrected chi connectivity index (χ0v) is 5.72. The molecule has 1 aliphatic carbocycles. The molecule has 0 aliphatic heterocycles. The average Bonchev–Trinajstić information content (AvgIpc) is 2.13. The number of halogens is 1. The summed E-state index contributed by atoms with van der Waals surface area (Å²) in [6, 6.07) is 0. The number of hydrogen-bond acceptors (Lipinski definition) is 1. The molecule has 0 aromatic heterocycles. The van der Waals surface area contributed by atoms with Gasteiger partial charge in [-0.05, 0) is 25.2 Å². The van der Waals surface area contributed by atoms with E-state index in [4.69, 9.17) is 5.11 Å². The Labute approximate surface area is 59.0 Å². The summed E-state index contributed by atoms with van der Waals surface area (Å²) >= 11 is 0. The number of carboxylic acid groups (broad SMARTS) is 1. The largest absolute Gasteiger partial charge is 0.481 e. The van der Waals surface area contributed by atoms with Gasteiger partial charge in [0.15, 0.2) is 0 Å². The van der Waals surface area contributed by atoms with E-state index in [2.05, 4.69) is 0 Å². The number of aliphatic carboxylic acids is 1. The van der Waals surface area contributed by atoms with Gasteiger partial charge in [-0.2, -0.15) is 0 Å². The molecule has 1 aliphatic rings. The minimum absolute atomic E-state index is 0.0903. The van der Waals surface area contributed by atoms with Crippen molar-refractivity contribution in [2.45, 2.75) is 31.9 Å². The van der Waals surface area contributed by atoms with E-state index in [0.717, 1.165) is 6.42 Å². The summed E-state index contributed by atoms with van der Waals surface area (Å²) in [5, 5.41) is 8.34. The molecular weight excluding hydrogens is 135 g/mol. The molecule has 1 N–H and O–H groups in total. The molecule has 1 rings (SSSR count). The highest BCUT2D eigenvalue weighted by molar-refractivity contribution is 5.67. The van der Waals surface area contributed by atoms with Gasteiger partial charge in [0.25, 0.3) is 0 Å². The highest BCUT2D eigenvalue weighted by Crippen LogP contribution is 2.29. The van der Waals surface area contributed by atoms with Crippen LogP contribution >= 0.6 is 0 Å². The van der Waals surface area contributed by atoms with Gasteiger partial charge < -0.3 is 5.11 Å².